The second-order valence-corrected chi connectivity index (χ2v) is 4.53. The van der Waals surface area contributed by atoms with Gasteiger partial charge in [0.05, 0.1) is 6.54 Å². The Kier molecular flexibility index (Phi) is 2.87. The van der Waals surface area contributed by atoms with E-state index in [0.717, 1.165) is 16.2 Å². The van der Waals surface area contributed by atoms with E-state index in [9.17, 15) is 19.2 Å². The van der Waals surface area contributed by atoms with Crippen LogP contribution >= 0.6 is 11.3 Å². The number of carbonyl (C=O) groups is 4. The van der Waals surface area contributed by atoms with Crippen molar-refractivity contribution < 1.29 is 24.3 Å². The molecule has 1 aromatic rings. The molecular weight excluding hydrogens is 260 g/mol. The maximum Gasteiger partial charge on any atom is 0.346 e. The lowest BCUT2D eigenvalue weighted by Crippen LogP contribution is -2.31. The van der Waals surface area contributed by atoms with E-state index < -0.39 is 23.8 Å². The SMILES string of the molecule is CN1C(=O)C(=O)N(Cc2ccsc2C(=O)O)C1=O. The number of thiophene rings is 1. The van der Waals surface area contributed by atoms with Gasteiger partial charge >= 0.3 is 23.8 Å². The summed E-state index contributed by atoms with van der Waals surface area (Å²) in [5.74, 6) is -2.98. The molecule has 1 aliphatic heterocycles. The molecule has 7 nitrogen and oxygen atoms in total. The van der Waals surface area contributed by atoms with Gasteiger partial charge in [-0.1, -0.05) is 0 Å². The van der Waals surface area contributed by atoms with Crippen LogP contribution in [0.2, 0.25) is 0 Å². The van der Waals surface area contributed by atoms with Gasteiger partial charge in [0.25, 0.3) is 0 Å². The Morgan fingerprint density at radius 2 is 2.00 bits per heavy atom. The van der Waals surface area contributed by atoms with E-state index in [0.29, 0.717) is 10.5 Å². The highest BCUT2D eigenvalue weighted by Crippen LogP contribution is 2.21. The summed E-state index contributed by atoms with van der Waals surface area (Å²) in [6.45, 7) is -0.209. The molecule has 2 rings (SSSR count). The highest BCUT2D eigenvalue weighted by molar-refractivity contribution is 7.12. The number of hydrogen-bond donors (Lipinski definition) is 1. The van der Waals surface area contributed by atoms with Crippen LogP contribution in [0.15, 0.2) is 11.4 Å². The molecule has 18 heavy (non-hydrogen) atoms. The van der Waals surface area contributed by atoms with Crippen molar-refractivity contribution >= 4 is 35.2 Å². The van der Waals surface area contributed by atoms with Crippen LogP contribution < -0.4 is 0 Å². The smallest absolute Gasteiger partial charge is 0.346 e. The first-order valence-electron chi connectivity index (χ1n) is 4.86. The fraction of sp³-hybridized carbons (Fsp3) is 0.200. The van der Waals surface area contributed by atoms with E-state index >= 15 is 0 Å². The van der Waals surface area contributed by atoms with E-state index in [1.54, 1.807) is 5.38 Å². The first-order valence-corrected chi connectivity index (χ1v) is 5.74. The van der Waals surface area contributed by atoms with Gasteiger partial charge in [0.1, 0.15) is 4.88 Å². The third kappa shape index (κ3) is 1.76. The second kappa shape index (κ2) is 4.22. The molecule has 0 aliphatic carbocycles. The van der Waals surface area contributed by atoms with Crippen molar-refractivity contribution in [2.45, 2.75) is 6.54 Å². The summed E-state index contributed by atoms with van der Waals surface area (Å²) in [4.78, 5) is 46.8. The highest BCUT2D eigenvalue weighted by atomic mass is 32.1. The number of imide groups is 2. The van der Waals surface area contributed by atoms with E-state index in [2.05, 4.69) is 0 Å². The monoisotopic (exact) mass is 268 g/mol. The van der Waals surface area contributed by atoms with E-state index in [-0.39, 0.29) is 11.4 Å². The number of hydrogen-bond acceptors (Lipinski definition) is 5. The van der Waals surface area contributed by atoms with Crippen LogP contribution in [0.25, 0.3) is 0 Å². The summed E-state index contributed by atoms with van der Waals surface area (Å²) in [6, 6.07) is 0.768. The summed E-state index contributed by atoms with van der Waals surface area (Å²) in [7, 11) is 1.20. The molecule has 1 saturated heterocycles. The third-order valence-electron chi connectivity index (χ3n) is 2.52. The Morgan fingerprint density at radius 3 is 2.50 bits per heavy atom. The molecule has 1 N–H and O–H groups in total. The van der Waals surface area contributed by atoms with Gasteiger partial charge in [-0.15, -0.1) is 11.3 Å². The van der Waals surface area contributed by atoms with E-state index in [1.807, 2.05) is 0 Å². The van der Waals surface area contributed by atoms with Gasteiger partial charge in [0.15, 0.2) is 0 Å². The Bertz CT molecular complexity index is 564. The number of amides is 4. The molecule has 0 bridgehead atoms. The summed E-state index contributed by atoms with van der Waals surface area (Å²) in [5.41, 5.74) is 0.331. The van der Waals surface area contributed by atoms with Gasteiger partial charge in [-0.3, -0.25) is 19.4 Å². The van der Waals surface area contributed by atoms with Crippen molar-refractivity contribution in [1.82, 2.24) is 9.80 Å². The third-order valence-corrected chi connectivity index (χ3v) is 3.46. The van der Waals surface area contributed by atoms with Crippen LogP contribution in [-0.4, -0.2) is 45.8 Å². The van der Waals surface area contributed by atoms with Crippen LogP contribution in [0, 0.1) is 0 Å². The number of rotatable bonds is 3. The van der Waals surface area contributed by atoms with Crippen molar-refractivity contribution in [3.8, 4) is 0 Å². The Morgan fingerprint density at radius 1 is 1.33 bits per heavy atom. The number of carboxylic acids is 1. The van der Waals surface area contributed by atoms with E-state index in [4.69, 9.17) is 5.11 Å². The fourth-order valence-corrected chi connectivity index (χ4v) is 2.32. The zero-order valence-electron chi connectivity index (χ0n) is 9.24. The van der Waals surface area contributed by atoms with Crippen LogP contribution in [0.5, 0.6) is 0 Å². The average Bonchev–Trinajstić information content (AvgIpc) is 2.86. The van der Waals surface area contributed by atoms with Crippen molar-refractivity contribution in [3.05, 3.63) is 21.9 Å². The van der Waals surface area contributed by atoms with Crippen molar-refractivity contribution in [2.75, 3.05) is 7.05 Å². The van der Waals surface area contributed by atoms with Gasteiger partial charge in [0.2, 0.25) is 0 Å². The highest BCUT2D eigenvalue weighted by Gasteiger charge is 2.42. The minimum atomic E-state index is -1.13. The zero-order valence-corrected chi connectivity index (χ0v) is 10.1. The lowest BCUT2D eigenvalue weighted by Gasteiger charge is -2.12. The molecule has 0 radical (unpaired) electrons. The van der Waals surface area contributed by atoms with Gasteiger partial charge < -0.3 is 5.11 Å². The number of carbonyl (C=O) groups excluding carboxylic acids is 3. The molecule has 4 amide bonds. The van der Waals surface area contributed by atoms with Gasteiger partial charge in [0, 0.05) is 7.05 Å². The summed E-state index contributed by atoms with van der Waals surface area (Å²) in [5, 5.41) is 10.5. The molecule has 0 unspecified atom stereocenters. The van der Waals surface area contributed by atoms with Crippen LogP contribution in [0.4, 0.5) is 4.79 Å². The molecule has 0 saturated carbocycles. The fourth-order valence-electron chi connectivity index (χ4n) is 1.57. The summed E-state index contributed by atoms with van der Waals surface area (Å²) >= 11 is 0.998. The molecule has 0 spiro atoms. The number of aromatic carboxylic acids is 1. The van der Waals surface area contributed by atoms with E-state index in [1.165, 1.54) is 13.1 Å². The van der Waals surface area contributed by atoms with Crippen LogP contribution in [0.3, 0.4) is 0 Å². The summed E-state index contributed by atoms with van der Waals surface area (Å²) < 4.78 is 0. The maximum atomic E-state index is 11.6. The Hall–Kier alpha value is -2.22. The normalized spacial score (nSPS) is 15.7. The lowest BCUT2D eigenvalue weighted by atomic mass is 10.2. The number of carboxylic acid groups (broad SMARTS) is 1. The first kappa shape index (κ1) is 12.2. The number of urea groups is 1. The van der Waals surface area contributed by atoms with Crippen molar-refractivity contribution in [1.29, 1.82) is 0 Å². The molecular formula is C10H8N2O5S. The Labute approximate surface area is 105 Å². The van der Waals surface area contributed by atoms with Gasteiger partial charge in [-0.05, 0) is 17.0 Å². The quantitative estimate of drug-likeness (QED) is 0.631. The predicted octanol–water partition coefficient (Wildman–Crippen LogP) is 0.367. The van der Waals surface area contributed by atoms with Crippen LogP contribution in [-0.2, 0) is 16.1 Å². The van der Waals surface area contributed by atoms with Crippen molar-refractivity contribution in [2.24, 2.45) is 0 Å². The largest absolute Gasteiger partial charge is 0.477 e. The second-order valence-electron chi connectivity index (χ2n) is 3.62. The minimum absolute atomic E-state index is 0.0533. The molecule has 0 atom stereocenters. The van der Waals surface area contributed by atoms with Gasteiger partial charge in [-0.25, -0.2) is 9.59 Å². The molecule has 2 heterocycles. The molecule has 94 valence electrons. The molecule has 1 aromatic heterocycles. The topological polar surface area (TPSA) is 95.0 Å². The molecule has 8 heteroatoms. The average molecular weight is 268 g/mol. The standard InChI is InChI=1S/C10H8N2O5S/c1-11-7(13)8(14)12(10(11)17)4-5-2-3-18-6(5)9(15)16/h2-3H,4H2,1H3,(H,15,16). The maximum absolute atomic E-state index is 11.6. The van der Waals surface area contributed by atoms with Crippen LogP contribution in [0.1, 0.15) is 15.2 Å². The van der Waals surface area contributed by atoms with Gasteiger partial charge in [-0.2, -0.15) is 0 Å². The molecule has 1 fully saturated rings. The predicted molar refractivity (Wildman–Crippen MR) is 60.0 cm³/mol. The number of likely N-dealkylation sites (N-methyl/N-ethyl adjacent to an activating group) is 1. The molecule has 0 aromatic carbocycles. The van der Waals surface area contributed by atoms with Crippen molar-refractivity contribution in [3.63, 3.8) is 0 Å². The molecule has 1 aliphatic rings. The number of nitrogens with zero attached hydrogens (tertiary/aromatic N) is 2. The zero-order chi connectivity index (χ0) is 13.4. The minimum Gasteiger partial charge on any atom is -0.477 e. The lowest BCUT2D eigenvalue weighted by molar-refractivity contribution is -0.143. The summed E-state index contributed by atoms with van der Waals surface area (Å²) in [6.07, 6.45) is 0. The Balaban J connectivity index is 2.27. The first-order chi connectivity index (χ1) is 8.43.